The van der Waals surface area contributed by atoms with Gasteiger partial charge < -0.3 is 15.4 Å². The van der Waals surface area contributed by atoms with Crippen molar-refractivity contribution in [2.75, 3.05) is 20.7 Å². The molecule has 8 nitrogen and oxygen atoms in total. The summed E-state index contributed by atoms with van der Waals surface area (Å²) >= 11 is 1.21. The van der Waals surface area contributed by atoms with Gasteiger partial charge in [0.25, 0.3) is 0 Å². The normalized spacial score (nSPS) is 26.3. The minimum Gasteiger partial charge on any atom is -0.477 e. The Morgan fingerprint density at radius 1 is 1.33 bits per heavy atom. The fourth-order valence-corrected chi connectivity index (χ4v) is 5.71. The summed E-state index contributed by atoms with van der Waals surface area (Å²) in [5, 5.41) is 0.206. The average Bonchev–Trinajstić information content (AvgIpc) is 3.51. The Kier molecular flexibility index (Phi) is 5.85. The highest BCUT2D eigenvalue weighted by molar-refractivity contribution is 8.15. The fraction of sp³-hybridized carbons (Fsp3) is 0.409. The molecule has 2 aromatic heterocycles. The second-order valence-corrected chi connectivity index (χ2v) is 9.67. The summed E-state index contributed by atoms with van der Waals surface area (Å²) in [6.45, 7) is 3.96. The number of halogens is 2. The van der Waals surface area contributed by atoms with Gasteiger partial charge >= 0.3 is 0 Å². The first-order valence-electron chi connectivity index (χ1n) is 10.3. The van der Waals surface area contributed by atoms with E-state index in [2.05, 4.69) is 19.9 Å². The molecule has 1 amide bonds. The zero-order chi connectivity index (χ0) is 24.0. The van der Waals surface area contributed by atoms with Crippen molar-refractivity contribution in [3.05, 3.63) is 47.4 Å². The Hall–Kier alpha value is -3.08. The summed E-state index contributed by atoms with van der Waals surface area (Å²) in [5.41, 5.74) is 5.43. The largest absolute Gasteiger partial charge is 0.477 e. The van der Waals surface area contributed by atoms with Crippen LogP contribution in [0.3, 0.4) is 0 Å². The molecule has 3 atom stereocenters. The third-order valence-electron chi connectivity index (χ3n) is 5.85. The van der Waals surface area contributed by atoms with E-state index in [0.717, 1.165) is 0 Å². The van der Waals surface area contributed by atoms with E-state index in [1.807, 2.05) is 0 Å². The quantitative estimate of drug-likeness (QED) is 0.642. The average molecular weight is 475 g/mol. The number of fused-ring (bicyclic) bond motifs is 1. The number of amidine groups is 1. The van der Waals surface area contributed by atoms with Gasteiger partial charge in [-0.05, 0) is 38.0 Å². The van der Waals surface area contributed by atoms with Crippen LogP contribution in [0, 0.1) is 11.9 Å². The molecule has 0 bridgehead atoms. The van der Waals surface area contributed by atoms with E-state index in [1.165, 1.54) is 47.4 Å². The van der Waals surface area contributed by atoms with Gasteiger partial charge in [0, 0.05) is 31.8 Å². The molecule has 0 unspecified atom stereocenters. The van der Waals surface area contributed by atoms with E-state index in [0.29, 0.717) is 24.5 Å². The van der Waals surface area contributed by atoms with Crippen molar-refractivity contribution in [1.29, 1.82) is 0 Å². The van der Waals surface area contributed by atoms with Crippen LogP contribution in [0.4, 0.5) is 8.78 Å². The number of aromatic nitrogens is 3. The summed E-state index contributed by atoms with van der Waals surface area (Å²) in [7, 11) is 3.35. The summed E-state index contributed by atoms with van der Waals surface area (Å²) in [6, 6.07) is 1.49. The molecule has 1 saturated carbocycles. The van der Waals surface area contributed by atoms with E-state index >= 15 is 0 Å². The van der Waals surface area contributed by atoms with Crippen molar-refractivity contribution in [1.82, 2.24) is 19.9 Å². The molecule has 0 spiro atoms. The van der Waals surface area contributed by atoms with Crippen molar-refractivity contribution < 1.29 is 18.3 Å². The number of aliphatic imine (C=N–C) groups is 1. The first kappa shape index (κ1) is 23.1. The van der Waals surface area contributed by atoms with Gasteiger partial charge in [-0.15, -0.1) is 0 Å². The number of carbonyl (C=O) groups excluding carboxylic acids is 1. The molecule has 174 valence electrons. The Bertz CT molecular complexity index is 1160. The molecule has 11 heteroatoms. The molecule has 2 aromatic rings. The summed E-state index contributed by atoms with van der Waals surface area (Å²) < 4.78 is 34.1. The predicted octanol–water partition coefficient (Wildman–Crippen LogP) is 3.00. The maximum atomic E-state index is 14.9. The van der Waals surface area contributed by atoms with Crippen LogP contribution in [0.2, 0.25) is 0 Å². The number of thioether (sulfide) groups is 1. The molecule has 33 heavy (non-hydrogen) atoms. The molecule has 4 rings (SSSR count). The predicted molar refractivity (Wildman–Crippen MR) is 122 cm³/mol. The summed E-state index contributed by atoms with van der Waals surface area (Å²) in [4.78, 5) is 30.7. The lowest BCUT2D eigenvalue weighted by molar-refractivity contribution is -0.129. The second kappa shape index (κ2) is 8.36. The minimum atomic E-state index is -1.11. The van der Waals surface area contributed by atoms with Crippen LogP contribution in [-0.2, 0) is 10.3 Å². The number of hydrogen-bond donors (Lipinski definition) is 1. The lowest BCUT2D eigenvalue weighted by atomic mass is 9.86. The Balaban J connectivity index is 1.68. The molecular formula is C22H24F2N6O2S. The van der Waals surface area contributed by atoms with Gasteiger partial charge in [0.15, 0.2) is 11.0 Å². The maximum absolute atomic E-state index is 14.9. The maximum Gasteiger partial charge on any atom is 0.239 e. The van der Waals surface area contributed by atoms with Crippen molar-refractivity contribution in [3.63, 3.8) is 0 Å². The Morgan fingerprint density at radius 3 is 2.73 bits per heavy atom. The van der Waals surface area contributed by atoms with Crippen LogP contribution in [-0.4, -0.2) is 56.4 Å². The van der Waals surface area contributed by atoms with E-state index in [4.69, 9.17) is 10.5 Å². The van der Waals surface area contributed by atoms with Crippen LogP contribution in [0.1, 0.15) is 37.1 Å². The number of ether oxygens (including phenoxy) is 1. The van der Waals surface area contributed by atoms with Gasteiger partial charge in [-0.2, -0.15) is 4.39 Å². The van der Waals surface area contributed by atoms with Crippen molar-refractivity contribution in [2.45, 2.75) is 30.6 Å². The highest BCUT2D eigenvalue weighted by atomic mass is 32.2. The van der Waals surface area contributed by atoms with E-state index in [9.17, 15) is 13.6 Å². The van der Waals surface area contributed by atoms with E-state index in [1.54, 1.807) is 27.9 Å². The molecule has 2 N–H and O–H groups in total. The highest BCUT2D eigenvalue weighted by Gasteiger charge is 2.71. The standard InChI is InChI=1S/C22H24F2N6O2S/c1-5-32-17-11-26-15(10-27-17)14(23)7-12-6-13(18(24)28-9-12)21(2)16-8-22(16,19(31)30(3)4)33-20(25)29-21/h6-7,9-11,16H,5,8H2,1-4H3,(H2,25,29)/b14-7-/t16-,21+,22-/m0/s1. The molecule has 2 aliphatic rings. The van der Waals surface area contributed by atoms with Gasteiger partial charge in [-0.1, -0.05) is 11.8 Å². The molecule has 3 heterocycles. The monoisotopic (exact) mass is 474 g/mol. The first-order valence-corrected chi connectivity index (χ1v) is 11.2. The lowest BCUT2D eigenvalue weighted by Crippen LogP contribution is -2.43. The van der Waals surface area contributed by atoms with Crippen LogP contribution in [0.15, 0.2) is 29.6 Å². The molecule has 1 aliphatic carbocycles. The van der Waals surface area contributed by atoms with Crippen LogP contribution >= 0.6 is 11.8 Å². The Morgan fingerprint density at radius 2 is 2.09 bits per heavy atom. The minimum absolute atomic E-state index is 0.00432. The number of pyridine rings is 1. The van der Waals surface area contributed by atoms with Crippen LogP contribution < -0.4 is 10.5 Å². The SMILES string of the molecule is CCOc1cnc(/C(F)=C/c2cnc(F)c([C@@]3(C)N=C(N)S[C@@]4(C(=O)N(C)C)C[C@H]43)c2)cn1. The number of hydrogen-bond acceptors (Lipinski definition) is 8. The number of amides is 1. The Labute approximate surface area is 194 Å². The number of rotatable bonds is 6. The fourth-order valence-electron chi connectivity index (χ4n) is 4.21. The second-order valence-electron chi connectivity index (χ2n) is 8.32. The lowest BCUT2D eigenvalue weighted by Gasteiger charge is -2.34. The zero-order valence-corrected chi connectivity index (χ0v) is 19.5. The third kappa shape index (κ3) is 4.05. The van der Waals surface area contributed by atoms with Gasteiger partial charge in [-0.3, -0.25) is 9.79 Å². The van der Waals surface area contributed by atoms with Crippen molar-refractivity contribution >= 4 is 34.7 Å². The molecule has 0 radical (unpaired) electrons. The third-order valence-corrected chi connectivity index (χ3v) is 7.14. The molecule has 0 saturated heterocycles. The number of carbonyl (C=O) groups is 1. The smallest absolute Gasteiger partial charge is 0.239 e. The van der Waals surface area contributed by atoms with Crippen LogP contribution in [0.5, 0.6) is 5.88 Å². The highest BCUT2D eigenvalue weighted by Crippen LogP contribution is 2.66. The van der Waals surface area contributed by atoms with Crippen molar-refractivity contribution in [2.24, 2.45) is 16.6 Å². The van der Waals surface area contributed by atoms with Gasteiger partial charge in [0.05, 0.1) is 24.5 Å². The van der Waals surface area contributed by atoms with Gasteiger partial charge in [0.1, 0.15) is 10.4 Å². The number of nitrogens with two attached hydrogens (primary N) is 1. The number of nitrogens with zero attached hydrogens (tertiary/aromatic N) is 5. The molecule has 1 fully saturated rings. The van der Waals surface area contributed by atoms with Gasteiger partial charge in [0.2, 0.25) is 17.7 Å². The topological polar surface area (TPSA) is 107 Å². The van der Waals surface area contributed by atoms with Crippen molar-refractivity contribution in [3.8, 4) is 5.88 Å². The van der Waals surface area contributed by atoms with E-state index in [-0.39, 0.29) is 28.3 Å². The molecule has 0 aromatic carbocycles. The molecule has 1 aliphatic heterocycles. The summed E-state index contributed by atoms with van der Waals surface area (Å²) in [5.74, 6) is -1.47. The zero-order valence-electron chi connectivity index (χ0n) is 18.7. The van der Waals surface area contributed by atoms with E-state index < -0.39 is 22.1 Å². The van der Waals surface area contributed by atoms with Gasteiger partial charge in [-0.25, -0.2) is 19.3 Å². The van der Waals surface area contributed by atoms with Crippen LogP contribution in [0.25, 0.3) is 11.9 Å². The molecular weight excluding hydrogens is 450 g/mol. The summed E-state index contributed by atoms with van der Waals surface area (Å²) in [6.07, 6.45) is 5.50. The first-order chi connectivity index (χ1) is 15.6.